The molecule has 42 heavy (non-hydrogen) atoms. The molecule has 1 aliphatic heterocycles. The van der Waals surface area contributed by atoms with Crippen LogP contribution in [0.15, 0.2) is 72.8 Å². The van der Waals surface area contributed by atoms with Crippen LogP contribution in [-0.2, 0) is 9.59 Å². The SMILES string of the molecule is O=C(CN(C(=O)c1ccc(Cl)cc1Cl)N1C(=O)[C@@H]2C[C@@H](Br)[C@@H](Br)C[C@H]2C1=O)c1ccc(OC(=O)c2ccccc2)cc1. The number of nitrogens with zero attached hydrogens (tertiary/aromatic N) is 2. The maximum absolute atomic E-state index is 13.8. The van der Waals surface area contributed by atoms with E-state index in [9.17, 15) is 24.0 Å². The zero-order valence-corrected chi connectivity index (χ0v) is 26.4. The van der Waals surface area contributed by atoms with E-state index in [1.54, 1.807) is 30.3 Å². The normalized spacial score (nSPS) is 21.6. The first-order chi connectivity index (χ1) is 20.0. The van der Waals surface area contributed by atoms with E-state index in [0.29, 0.717) is 23.4 Å². The van der Waals surface area contributed by atoms with Crippen molar-refractivity contribution in [2.45, 2.75) is 22.5 Å². The standard InChI is InChI=1S/C30H22Br2Cl2N2O6/c31-23-13-21-22(14-24(23)32)29(40)36(28(21)39)35(27(38)20-11-8-18(33)12-25(20)34)15-26(37)16-6-9-19(10-7-16)42-30(41)17-4-2-1-3-5-17/h1-12,21-24H,13-15H2/t21-,22-,23-,24+/m1/s1. The topological polar surface area (TPSA) is 101 Å². The quantitative estimate of drug-likeness (QED) is 0.0919. The number of imide groups is 1. The summed E-state index contributed by atoms with van der Waals surface area (Å²) in [5.41, 5.74) is 0.516. The molecule has 2 aliphatic rings. The van der Waals surface area contributed by atoms with Gasteiger partial charge in [-0.25, -0.2) is 9.80 Å². The second-order valence-electron chi connectivity index (χ2n) is 9.89. The highest BCUT2D eigenvalue weighted by Gasteiger charge is 2.54. The summed E-state index contributed by atoms with van der Waals surface area (Å²) in [6.45, 7) is -0.618. The smallest absolute Gasteiger partial charge is 0.343 e. The van der Waals surface area contributed by atoms with Gasteiger partial charge in [-0.05, 0) is 67.4 Å². The van der Waals surface area contributed by atoms with Crippen LogP contribution in [0.2, 0.25) is 10.0 Å². The van der Waals surface area contributed by atoms with Gasteiger partial charge in [-0.3, -0.25) is 19.2 Å². The first kappa shape index (κ1) is 30.4. The Kier molecular flexibility index (Phi) is 9.17. The van der Waals surface area contributed by atoms with Gasteiger partial charge >= 0.3 is 5.97 Å². The third-order valence-corrected chi connectivity index (χ3v) is 10.5. The van der Waals surface area contributed by atoms with Crippen molar-refractivity contribution < 1.29 is 28.7 Å². The van der Waals surface area contributed by atoms with Crippen molar-refractivity contribution in [3.05, 3.63) is 99.5 Å². The Bertz CT molecular complexity index is 1540. The predicted octanol–water partition coefficient (Wildman–Crippen LogP) is 6.37. The van der Waals surface area contributed by atoms with Crippen molar-refractivity contribution in [2.24, 2.45) is 11.8 Å². The molecule has 0 spiro atoms. The van der Waals surface area contributed by atoms with Crippen LogP contribution in [0.25, 0.3) is 0 Å². The summed E-state index contributed by atoms with van der Waals surface area (Å²) in [6.07, 6.45) is 0.783. The van der Waals surface area contributed by atoms with Gasteiger partial charge in [0.25, 0.3) is 17.7 Å². The van der Waals surface area contributed by atoms with E-state index in [1.807, 2.05) is 0 Å². The van der Waals surface area contributed by atoms with Gasteiger partial charge in [0, 0.05) is 20.2 Å². The van der Waals surface area contributed by atoms with E-state index in [4.69, 9.17) is 27.9 Å². The lowest BCUT2D eigenvalue weighted by Crippen LogP contribution is -2.52. The summed E-state index contributed by atoms with van der Waals surface area (Å²) in [5.74, 6) is -4.09. The lowest BCUT2D eigenvalue weighted by atomic mass is 9.81. The number of esters is 1. The first-order valence-corrected chi connectivity index (χ1v) is 15.5. The van der Waals surface area contributed by atoms with E-state index in [-0.39, 0.29) is 31.6 Å². The fourth-order valence-corrected chi connectivity index (χ4v) is 6.75. The second kappa shape index (κ2) is 12.7. The third kappa shape index (κ3) is 6.17. The summed E-state index contributed by atoms with van der Waals surface area (Å²) in [5, 5.41) is 1.95. The number of hydrogen-bond donors (Lipinski definition) is 0. The number of carbonyl (C=O) groups is 5. The molecule has 1 saturated heterocycles. The average Bonchev–Trinajstić information content (AvgIpc) is 3.20. The molecule has 1 aliphatic carbocycles. The van der Waals surface area contributed by atoms with Gasteiger partial charge in [-0.1, -0.05) is 73.3 Å². The fourth-order valence-electron chi connectivity index (χ4n) is 5.03. The molecule has 0 radical (unpaired) electrons. The number of halogens is 4. The Balaban J connectivity index is 1.41. The summed E-state index contributed by atoms with van der Waals surface area (Å²) in [4.78, 5) is 66.7. The highest BCUT2D eigenvalue weighted by atomic mass is 79.9. The highest BCUT2D eigenvalue weighted by Crippen LogP contribution is 2.44. The molecule has 0 unspecified atom stereocenters. The molecule has 4 atom stereocenters. The maximum atomic E-state index is 13.8. The lowest BCUT2D eigenvalue weighted by molar-refractivity contribution is -0.154. The highest BCUT2D eigenvalue weighted by molar-refractivity contribution is 9.12. The lowest BCUT2D eigenvalue weighted by Gasteiger charge is -2.30. The Morgan fingerprint density at radius 2 is 1.43 bits per heavy atom. The van der Waals surface area contributed by atoms with Gasteiger partial charge in [0.15, 0.2) is 5.78 Å². The Morgan fingerprint density at radius 3 is 2.00 bits per heavy atom. The Hall–Kier alpha value is -3.05. The molecule has 12 heteroatoms. The van der Waals surface area contributed by atoms with Crippen LogP contribution < -0.4 is 4.74 Å². The van der Waals surface area contributed by atoms with Gasteiger partial charge in [-0.2, -0.15) is 5.01 Å². The number of ether oxygens (including phenoxy) is 1. The van der Waals surface area contributed by atoms with Crippen LogP contribution in [0.4, 0.5) is 0 Å². The molecule has 0 N–H and O–H groups in total. The number of fused-ring (bicyclic) bond motifs is 1. The third-order valence-electron chi connectivity index (χ3n) is 7.22. The Morgan fingerprint density at radius 1 is 0.833 bits per heavy atom. The van der Waals surface area contributed by atoms with Crippen LogP contribution in [0.5, 0.6) is 5.75 Å². The monoisotopic (exact) mass is 734 g/mol. The van der Waals surface area contributed by atoms with Crippen molar-refractivity contribution in [1.82, 2.24) is 10.0 Å². The van der Waals surface area contributed by atoms with Crippen molar-refractivity contribution in [1.29, 1.82) is 0 Å². The van der Waals surface area contributed by atoms with Crippen molar-refractivity contribution in [2.75, 3.05) is 6.54 Å². The number of alkyl halides is 2. The molecule has 216 valence electrons. The van der Waals surface area contributed by atoms with Crippen LogP contribution in [0, 0.1) is 11.8 Å². The zero-order chi connectivity index (χ0) is 30.1. The maximum Gasteiger partial charge on any atom is 0.343 e. The minimum Gasteiger partial charge on any atom is -0.423 e. The average molecular weight is 737 g/mol. The molecule has 2 fully saturated rings. The van der Waals surface area contributed by atoms with E-state index in [1.165, 1.54) is 42.5 Å². The molecule has 3 aromatic rings. The molecular weight excluding hydrogens is 715 g/mol. The molecular formula is C30H22Br2Cl2N2O6. The second-order valence-corrected chi connectivity index (χ2v) is 13.1. The van der Waals surface area contributed by atoms with Crippen molar-refractivity contribution in [3.63, 3.8) is 0 Å². The molecule has 5 rings (SSSR count). The van der Waals surface area contributed by atoms with Crippen LogP contribution in [0.1, 0.15) is 43.9 Å². The molecule has 3 aromatic carbocycles. The van der Waals surface area contributed by atoms with E-state index in [2.05, 4.69) is 31.9 Å². The van der Waals surface area contributed by atoms with Crippen LogP contribution in [0.3, 0.4) is 0 Å². The number of hydrogen-bond acceptors (Lipinski definition) is 6. The van der Waals surface area contributed by atoms with Gasteiger partial charge in [0.2, 0.25) is 0 Å². The fraction of sp³-hybridized carbons (Fsp3) is 0.233. The zero-order valence-electron chi connectivity index (χ0n) is 21.7. The van der Waals surface area contributed by atoms with Crippen molar-refractivity contribution in [3.8, 4) is 5.75 Å². The largest absolute Gasteiger partial charge is 0.423 e. The van der Waals surface area contributed by atoms with Gasteiger partial charge < -0.3 is 4.74 Å². The number of Topliss-reactive ketones (excluding diaryl/α,β-unsaturated/α-hetero) is 1. The van der Waals surface area contributed by atoms with Crippen molar-refractivity contribution >= 4 is 84.5 Å². The molecule has 8 nitrogen and oxygen atoms in total. The van der Waals surface area contributed by atoms with Gasteiger partial charge in [0.1, 0.15) is 12.3 Å². The number of ketones is 1. The first-order valence-electron chi connectivity index (χ1n) is 12.9. The minimum absolute atomic E-state index is 0.00656. The minimum atomic E-state index is -0.801. The predicted molar refractivity (Wildman–Crippen MR) is 163 cm³/mol. The molecule has 1 heterocycles. The molecule has 0 aromatic heterocycles. The van der Waals surface area contributed by atoms with E-state index >= 15 is 0 Å². The summed E-state index contributed by atoms with van der Waals surface area (Å²) in [7, 11) is 0. The van der Waals surface area contributed by atoms with Crippen LogP contribution >= 0.6 is 55.1 Å². The number of benzene rings is 3. The Labute approximate surface area is 268 Å². The molecule has 1 saturated carbocycles. The number of rotatable bonds is 7. The van der Waals surface area contributed by atoms with Gasteiger partial charge in [-0.15, -0.1) is 0 Å². The number of hydrazine groups is 1. The summed E-state index contributed by atoms with van der Waals surface area (Å²) in [6, 6.07) is 18.4. The van der Waals surface area contributed by atoms with Crippen LogP contribution in [-0.4, -0.2) is 55.7 Å². The summed E-state index contributed by atoms with van der Waals surface area (Å²) < 4.78 is 5.37. The molecule has 0 bridgehead atoms. The van der Waals surface area contributed by atoms with E-state index < -0.39 is 47.9 Å². The number of carbonyl (C=O) groups excluding carboxylic acids is 5. The molecule has 3 amide bonds. The summed E-state index contributed by atoms with van der Waals surface area (Å²) >= 11 is 19.4. The van der Waals surface area contributed by atoms with E-state index in [0.717, 1.165) is 10.0 Å². The van der Waals surface area contributed by atoms with Gasteiger partial charge in [0.05, 0.1) is 28.0 Å². The number of amides is 3.